The van der Waals surface area contributed by atoms with Gasteiger partial charge in [-0.1, -0.05) is 20.8 Å². The summed E-state index contributed by atoms with van der Waals surface area (Å²) in [4.78, 5) is 11.2. The highest BCUT2D eigenvalue weighted by molar-refractivity contribution is 6.74. The third-order valence-corrected chi connectivity index (χ3v) is 8.00. The fourth-order valence-electron chi connectivity index (χ4n) is 1.42. The number of ether oxygens (including phenoxy) is 1. The Morgan fingerprint density at radius 1 is 1.50 bits per heavy atom. The molecule has 94 valence electrons. The van der Waals surface area contributed by atoms with E-state index >= 15 is 0 Å². The highest BCUT2D eigenvalue weighted by Gasteiger charge is 2.44. The first kappa shape index (κ1) is 13.7. The first-order chi connectivity index (χ1) is 7.17. The Kier molecular flexibility index (Phi) is 3.82. The zero-order valence-electron chi connectivity index (χ0n) is 10.7. The third kappa shape index (κ3) is 2.84. The van der Waals surface area contributed by atoms with Crippen LogP contribution in [0.15, 0.2) is 0 Å². The predicted molar refractivity (Wildman–Crippen MR) is 63.7 cm³/mol. The van der Waals surface area contributed by atoms with Crippen LogP contribution in [-0.2, 0) is 14.0 Å². The van der Waals surface area contributed by atoms with Gasteiger partial charge in [-0.15, -0.1) is 0 Å². The summed E-state index contributed by atoms with van der Waals surface area (Å²) in [6.07, 6.45) is -0.502. The normalized spacial score (nSPS) is 27.0. The minimum atomic E-state index is -1.90. The van der Waals surface area contributed by atoms with Crippen molar-refractivity contribution >= 4 is 14.3 Å². The quantitative estimate of drug-likeness (QED) is 0.608. The van der Waals surface area contributed by atoms with Crippen molar-refractivity contribution in [1.29, 1.82) is 0 Å². The molecule has 1 N–H and O–H groups in total. The van der Waals surface area contributed by atoms with Gasteiger partial charge in [0.05, 0.1) is 19.1 Å². The van der Waals surface area contributed by atoms with E-state index < -0.39 is 14.4 Å². The van der Waals surface area contributed by atoms with E-state index in [2.05, 4.69) is 33.9 Å². The lowest BCUT2D eigenvalue weighted by molar-refractivity contribution is -0.143. The summed E-state index contributed by atoms with van der Waals surface area (Å²) in [7, 11) is -1.90. The number of hydrogen-bond acceptors (Lipinski definition) is 4. The van der Waals surface area contributed by atoms with E-state index in [1.807, 2.05) is 0 Å². The molecule has 0 aromatic rings. The largest absolute Gasteiger partial charge is 0.457 e. The molecule has 1 aliphatic heterocycles. The number of hydrogen-bond donors (Lipinski definition) is 1. The van der Waals surface area contributed by atoms with Gasteiger partial charge in [-0.05, 0) is 18.1 Å². The summed E-state index contributed by atoms with van der Waals surface area (Å²) in [5.74, 6) is -0.275. The summed E-state index contributed by atoms with van der Waals surface area (Å²) in [5.41, 5.74) is 0. The third-order valence-electron chi connectivity index (χ3n) is 3.50. The fraction of sp³-hybridized carbons (Fsp3) is 0.909. The molecular formula is C11H22O4Si. The van der Waals surface area contributed by atoms with Gasteiger partial charge in [0.15, 0.2) is 14.4 Å². The molecule has 0 aromatic heterocycles. The van der Waals surface area contributed by atoms with E-state index in [1.54, 1.807) is 0 Å². The van der Waals surface area contributed by atoms with Crippen LogP contribution in [0.1, 0.15) is 27.2 Å². The molecule has 1 saturated heterocycles. The molecular weight excluding hydrogens is 224 g/mol. The van der Waals surface area contributed by atoms with Gasteiger partial charge >= 0.3 is 5.97 Å². The highest BCUT2D eigenvalue weighted by Crippen LogP contribution is 2.38. The topological polar surface area (TPSA) is 55.8 Å². The molecule has 0 saturated carbocycles. The molecule has 1 rings (SSSR count). The van der Waals surface area contributed by atoms with Crippen LogP contribution >= 0.6 is 0 Å². The number of esters is 1. The van der Waals surface area contributed by atoms with Gasteiger partial charge in [-0.2, -0.15) is 0 Å². The smallest absolute Gasteiger partial charge is 0.308 e. The lowest BCUT2D eigenvalue weighted by Crippen LogP contribution is -2.46. The average Bonchev–Trinajstić information content (AvgIpc) is 2.43. The first-order valence-electron chi connectivity index (χ1n) is 5.65. The molecule has 0 amide bonds. The number of cyclic esters (lactones) is 1. The van der Waals surface area contributed by atoms with Crippen LogP contribution in [0.3, 0.4) is 0 Å². The van der Waals surface area contributed by atoms with E-state index in [0.717, 1.165) is 0 Å². The number of carbonyl (C=O) groups is 1. The molecule has 2 atom stereocenters. The zero-order valence-corrected chi connectivity index (χ0v) is 11.7. The van der Waals surface area contributed by atoms with Crippen molar-refractivity contribution < 1.29 is 19.1 Å². The molecule has 0 radical (unpaired) electrons. The lowest BCUT2D eigenvalue weighted by atomic mass is 10.2. The van der Waals surface area contributed by atoms with Gasteiger partial charge in [0.1, 0.15) is 0 Å². The molecule has 5 heteroatoms. The molecule has 0 aromatic carbocycles. The standard InChI is InChI=1S/C11H22O4Si/c1-11(2,3)16(4,5)15-8-6-10(13)14-9(8)7-12/h8-9,12H,6-7H2,1-5H3/t8-,9-/m0/s1. The summed E-state index contributed by atoms with van der Waals surface area (Å²) in [6, 6.07) is 0. The predicted octanol–water partition coefficient (Wildman–Crippen LogP) is 1.68. The van der Waals surface area contributed by atoms with Crippen molar-refractivity contribution in [3.8, 4) is 0 Å². The Morgan fingerprint density at radius 3 is 2.50 bits per heavy atom. The van der Waals surface area contributed by atoms with Gasteiger partial charge in [0, 0.05) is 0 Å². The summed E-state index contributed by atoms with van der Waals surface area (Å²) >= 11 is 0. The highest BCUT2D eigenvalue weighted by atomic mass is 28.4. The van der Waals surface area contributed by atoms with Crippen molar-refractivity contribution in [2.75, 3.05) is 6.61 Å². The number of aliphatic hydroxyl groups is 1. The van der Waals surface area contributed by atoms with Crippen molar-refractivity contribution in [3.05, 3.63) is 0 Å². The SMILES string of the molecule is CC(C)(C)[Si](C)(C)O[C@H]1CC(=O)O[C@H]1CO. The van der Waals surface area contributed by atoms with Crippen LogP contribution in [0.5, 0.6) is 0 Å². The van der Waals surface area contributed by atoms with E-state index in [4.69, 9.17) is 14.3 Å². The Morgan fingerprint density at radius 2 is 2.06 bits per heavy atom. The molecule has 0 unspecified atom stereocenters. The molecule has 4 nitrogen and oxygen atoms in total. The molecule has 1 aliphatic rings. The Bertz CT molecular complexity index is 270. The summed E-state index contributed by atoms with van der Waals surface area (Å²) in [6.45, 7) is 10.5. The second-order valence-electron chi connectivity index (χ2n) is 5.83. The van der Waals surface area contributed by atoms with Crippen LogP contribution in [0.4, 0.5) is 0 Å². The van der Waals surface area contributed by atoms with Crippen molar-refractivity contribution in [3.63, 3.8) is 0 Å². The van der Waals surface area contributed by atoms with Gasteiger partial charge in [0.2, 0.25) is 0 Å². The van der Waals surface area contributed by atoms with Gasteiger partial charge in [-0.25, -0.2) is 0 Å². The van der Waals surface area contributed by atoms with E-state index in [-0.39, 0.29) is 30.1 Å². The van der Waals surface area contributed by atoms with Crippen LogP contribution in [-0.4, -0.2) is 38.2 Å². The minimum absolute atomic E-state index is 0.0959. The molecule has 0 aliphatic carbocycles. The van der Waals surface area contributed by atoms with Crippen molar-refractivity contribution in [2.24, 2.45) is 0 Å². The average molecular weight is 246 g/mol. The van der Waals surface area contributed by atoms with Gasteiger partial charge in [-0.3, -0.25) is 4.79 Å². The van der Waals surface area contributed by atoms with Gasteiger partial charge < -0.3 is 14.3 Å². The Labute approximate surface area is 98.1 Å². The molecule has 0 bridgehead atoms. The molecule has 0 spiro atoms. The number of aliphatic hydroxyl groups excluding tert-OH is 1. The number of carbonyl (C=O) groups excluding carboxylic acids is 1. The van der Waals surface area contributed by atoms with Crippen LogP contribution < -0.4 is 0 Å². The second-order valence-corrected chi connectivity index (χ2v) is 10.6. The van der Waals surface area contributed by atoms with Crippen LogP contribution in [0.25, 0.3) is 0 Å². The van der Waals surface area contributed by atoms with Crippen LogP contribution in [0.2, 0.25) is 18.1 Å². The fourth-order valence-corrected chi connectivity index (χ4v) is 2.76. The van der Waals surface area contributed by atoms with E-state index in [9.17, 15) is 4.79 Å². The van der Waals surface area contributed by atoms with Gasteiger partial charge in [0.25, 0.3) is 0 Å². The van der Waals surface area contributed by atoms with E-state index in [0.29, 0.717) is 0 Å². The molecule has 1 fully saturated rings. The maximum atomic E-state index is 11.2. The zero-order chi connectivity index (χ0) is 12.6. The van der Waals surface area contributed by atoms with E-state index in [1.165, 1.54) is 0 Å². The van der Waals surface area contributed by atoms with Crippen LogP contribution in [0, 0.1) is 0 Å². The monoisotopic (exact) mass is 246 g/mol. The second kappa shape index (κ2) is 4.47. The Balaban J connectivity index is 2.70. The number of rotatable bonds is 3. The van der Waals surface area contributed by atoms with Crippen molar-refractivity contribution in [2.45, 2.75) is 57.5 Å². The molecule has 16 heavy (non-hydrogen) atoms. The first-order valence-corrected chi connectivity index (χ1v) is 8.56. The lowest BCUT2D eigenvalue weighted by Gasteiger charge is -2.38. The minimum Gasteiger partial charge on any atom is -0.457 e. The molecule has 1 heterocycles. The summed E-state index contributed by atoms with van der Waals surface area (Å²) < 4.78 is 11.1. The maximum Gasteiger partial charge on any atom is 0.308 e. The van der Waals surface area contributed by atoms with Crippen molar-refractivity contribution in [1.82, 2.24) is 0 Å². The summed E-state index contributed by atoms with van der Waals surface area (Å²) in [5, 5.41) is 9.21. The maximum absolute atomic E-state index is 11.2. The Hall–Kier alpha value is -0.393.